The highest BCUT2D eigenvalue weighted by Crippen LogP contribution is 2.29. The number of rotatable bonds is 6. The molecule has 0 saturated carbocycles. The summed E-state index contributed by atoms with van der Waals surface area (Å²) in [5.74, 6) is 0.857. The molecule has 0 aliphatic heterocycles. The molecule has 7 heteroatoms. The molecule has 1 heterocycles. The van der Waals surface area contributed by atoms with Crippen LogP contribution in [0.5, 0.6) is 11.5 Å². The van der Waals surface area contributed by atoms with E-state index in [2.05, 4.69) is 10.3 Å². The lowest BCUT2D eigenvalue weighted by molar-refractivity contribution is 0.102. The van der Waals surface area contributed by atoms with Crippen LogP contribution in [-0.4, -0.2) is 36.2 Å². The summed E-state index contributed by atoms with van der Waals surface area (Å²) in [5, 5.41) is 2.76. The number of nitrogens with one attached hydrogen (secondary N) is 1. The fraction of sp³-hybridized carbons (Fsp3) is 0.286. The van der Waals surface area contributed by atoms with E-state index in [0.717, 1.165) is 0 Å². The van der Waals surface area contributed by atoms with Gasteiger partial charge >= 0.3 is 0 Å². The number of nitrogens with two attached hydrogens (primary N) is 1. The van der Waals surface area contributed by atoms with E-state index in [1.54, 1.807) is 42.4 Å². The number of imidazole rings is 1. The Balaban J connectivity index is 2.14. The van der Waals surface area contributed by atoms with Crippen LogP contribution in [0.4, 0.5) is 5.69 Å². The highest BCUT2D eigenvalue weighted by molar-refractivity contribution is 6.03. The van der Waals surface area contributed by atoms with Gasteiger partial charge in [-0.15, -0.1) is 0 Å². The maximum Gasteiger partial charge on any atom is 0.275 e. The lowest BCUT2D eigenvalue weighted by Crippen LogP contribution is -2.13. The Morgan fingerprint density at radius 1 is 1.38 bits per heavy atom. The summed E-state index contributed by atoms with van der Waals surface area (Å²) in [6.07, 6.45) is 3.23. The van der Waals surface area contributed by atoms with Crippen LogP contribution in [0.1, 0.15) is 10.5 Å². The fourth-order valence-corrected chi connectivity index (χ4v) is 1.84. The summed E-state index contributed by atoms with van der Waals surface area (Å²) in [6.45, 7) is 1.11. The number of carbonyl (C=O) groups excluding carboxylic acids is 1. The number of hydrogen-bond acceptors (Lipinski definition) is 5. The van der Waals surface area contributed by atoms with Crippen molar-refractivity contribution in [1.29, 1.82) is 0 Å². The van der Waals surface area contributed by atoms with Crippen LogP contribution in [0.25, 0.3) is 0 Å². The monoisotopic (exact) mass is 290 g/mol. The number of amides is 1. The third-order valence-corrected chi connectivity index (χ3v) is 2.91. The quantitative estimate of drug-likeness (QED) is 0.831. The van der Waals surface area contributed by atoms with Crippen molar-refractivity contribution in [2.24, 2.45) is 5.73 Å². The van der Waals surface area contributed by atoms with Crippen LogP contribution in [0, 0.1) is 0 Å². The average molecular weight is 290 g/mol. The molecule has 0 aliphatic rings. The highest BCUT2D eigenvalue weighted by Gasteiger charge is 2.13. The summed E-state index contributed by atoms with van der Waals surface area (Å²) in [6, 6.07) is 5.15. The van der Waals surface area contributed by atoms with E-state index < -0.39 is 0 Å². The van der Waals surface area contributed by atoms with Crippen molar-refractivity contribution in [2.75, 3.05) is 26.1 Å². The van der Waals surface area contributed by atoms with Gasteiger partial charge in [-0.1, -0.05) is 0 Å². The first-order valence-electron chi connectivity index (χ1n) is 6.43. The minimum absolute atomic E-state index is 0.311. The van der Waals surface area contributed by atoms with Gasteiger partial charge in [0.1, 0.15) is 17.2 Å². The largest absolute Gasteiger partial charge is 0.497 e. The Morgan fingerprint density at radius 2 is 2.19 bits per heavy atom. The second-order valence-corrected chi connectivity index (χ2v) is 4.31. The molecular formula is C14H18N4O3. The van der Waals surface area contributed by atoms with Crippen molar-refractivity contribution >= 4 is 11.6 Å². The van der Waals surface area contributed by atoms with Crippen LogP contribution in [0.2, 0.25) is 0 Å². The van der Waals surface area contributed by atoms with E-state index >= 15 is 0 Å². The molecule has 0 atom stereocenters. The molecule has 1 amide bonds. The number of benzene rings is 1. The molecular weight excluding hydrogens is 272 g/mol. The van der Waals surface area contributed by atoms with Crippen LogP contribution >= 0.6 is 0 Å². The Kier molecular flexibility index (Phi) is 4.78. The molecule has 0 radical (unpaired) electrons. The Hall–Kier alpha value is -2.54. The molecule has 2 aromatic rings. The number of aromatic nitrogens is 2. The van der Waals surface area contributed by atoms with Crippen molar-refractivity contribution in [3.05, 3.63) is 36.4 Å². The maximum absolute atomic E-state index is 12.1. The molecule has 2 rings (SSSR count). The SMILES string of the molecule is COc1ccc(NC(=O)c2cn(CCN)cn2)c(OC)c1. The molecule has 7 nitrogen and oxygen atoms in total. The Labute approximate surface area is 122 Å². The van der Waals surface area contributed by atoms with Crippen molar-refractivity contribution in [2.45, 2.75) is 6.54 Å². The summed E-state index contributed by atoms with van der Waals surface area (Å²) in [7, 11) is 3.09. The zero-order chi connectivity index (χ0) is 15.2. The minimum atomic E-state index is -0.311. The van der Waals surface area contributed by atoms with E-state index in [9.17, 15) is 4.79 Å². The van der Waals surface area contributed by atoms with Crippen molar-refractivity contribution < 1.29 is 14.3 Å². The number of nitrogens with zero attached hydrogens (tertiary/aromatic N) is 2. The summed E-state index contributed by atoms with van der Waals surface area (Å²) >= 11 is 0. The number of methoxy groups -OCH3 is 2. The number of carbonyl (C=O) groups is 1. The van der Waals surface area contributed by atoms with Gasteiger partial charge in [-0.05, 0) is 12.1 Å². The zero-order valence-corrected chi connectivity index (χ0v) is 12.0. The fourth-order valence-electron chi connectivity index (χ4n) is 1.84. The summed E-state index contributed by atoms with van der Waals surface area (Å²) in [5.41, 5.74) is 6.33. The Morgan fingerprint density at radius 3 is 2.86 bits per heavy atom. The van der Waals surface area contributed by atoms with Crippen LogP contribution in [0.15, 0.2) is 30.7 Å². The smallest absolute Gasteiger partial charge is 0.275 e. The topological polar surface area (TPSA) is 91.4 Å². The van der Waals surface area contributed by atoms with Gasteiger partial charge in [0.05, 0.1) is 26.2 Å². The predicted octanol–water partition coefficient (Wildman–Crippen LogP) is 1.11. The summed E-state index contributed by atoms with van der Waals surface area (Å²) in [4.78, 5) is 16.2. The van der Waals surface area contributed by atoms with Gasteiger partial charge in [0.25, 0.3) is 5.91 Å². The number of ether oxygens (including phenoxy) is 2. The molecule has 21 heavy (non-hydrogen) atoms. The van der Waals surface area contributed by atoms with E-state index in [1.807, 2.05) is 0 Å². The van der Waals surface area contributed by atoms with Crippen LogP contribution in [0.3, 0.4) is 0 Å². The number of anilines is 1. The third-order valence-electron chi connectivity index (χ3n) is 2.91. The van der Waals surface area contributed by atoms with Crippen molar-refractivity contribution in [3.8, 4) is 11.5 Å². The lowest BCUT2D eigenvalue weighted by Gasteiger charge is -2.10. The van der Waals surface area contributed by atoms with E-state index in [-0.39, 0.29) is 5.91 Å². The van der Waals surface area contributed by atoms with Gasteiger partial charge in [-0.25, -0.2) is 4.98 Å². The predicted molar refractivity (Wildman–Crippen MR) is 78.8 cm³/mol. The maximum atomic E-state index is 12.1. The molecule has 112 valence electrons. The van der Waals surface area contributed by atoms with Gasteiger partial charge < -0.3 is 25.1 Å². The van der Waals surface area contributed by atoms with Crippen molar-refractivity contribution in [3.63, 3.8) is 0 Å². The normalized spacial score (nSPS) is 10.2. The minimum Gasteiger partial charge on any atom is -0.497 e. The third kappa shape index (κ3) is 3.51. The van der Waals surface area contributed by atoms with E-state index in [4.69, 9.17) is 15.2 Å². The van der Waals surface area contributed by atoms with Crippen molar-refractivity contribution in [1.82, 2.24) is 9.55 Å². The first kappa shape index (κ1) is 14.9. The average Bonchev–Trinajstić information content (AvgIpc) is 2.96. The first-order chi connectivity index (χ1) is 10.2. The lowest BCUT2D eigenvalue weighted by atomic mass is 10.2. The molecule has 0 aliphatic carbocycles. The molecule has 0 unspecified atom stereocenters. The first-order valence-corrected chi connectivity index (χ1v) is 6.43. The summed E-state index contributed by atoms with van der Waals surface area (Å²) < 4.78 is 12.1. The zero-order valence-electron chi connectivity index (χ0n) is 12.0. The molecule has 0 bridgehead atoms. The molecule has 1 aromatic carbocycles. The number of hydrogen-bond donors (Lipinski definition) is 2. The van der Waals surface area contributed by atoms with E-state index in [1.165, 1.54) is 7.11 Å². The second-order valence-electron chi connectivity index (χ2n) is 4.31. The van der Waals surface area contributed by atoms with Crippen LogP contribution in [-0.2, 0) is 6.54 Å². The Bertz CT molecular complexity index is 624. The molecule has 0 saturated heterocycles. The van der Waals surface area contributed by atoms with Gasteiger partial charge in [-0.3, -0.25) is 4.79 Å². The van der Waals surface area contributed by atoms with Gasteiger partial charge in [0.2, 0.25) is 0 Å². The molecule has 0 fully saturated rings. The van der Waals surface area contributed by atoms with Gasteiger partial charge in [-0.2, -0.15) is 0 Å². The van der Waals surface area contributed by atoms with Crippen LogP contribution < -0.4 is 20.5 Å². The second kappa shape index (κ2) is 6.76. The standard InChI is InChI=1S/C14H18N4O3/c1-20-10-3-4-11(13(7-10)21-2)17-14(19)12-8-18(6-5-15)9-16-12/h3-4,7-9H,5-6,15H2,1-2H3,(H,17,19). The molecule has 1 aromatic heterocycles. The highest BCUT2D eigenvalue weighted by atomic mass is 16.5. The van der Waals surface area contributed by atoms with E-state index in [0.29, 0.717) is 36.0 Å². The molecule has 0 spiro atoms. The molecule has 3 N–H and O–H groups in total. The van der Waals surface area contributed by atoms with Gasteiger partial charge in [0.15, 0.2) is 0 Å². The van der Waals surface area contributed by atoms with Gasteiger partial charge in [0, 0.05) is 25.4 Å².